The molecule has 1 atom stereocenters. The minimum Gasteiger partial charge on any atom is -0.408 e. The molecule has 0 saturated heterocycles. The van der Waals surface area contributed by atoms with E-state index in [0.717, 1.165) is 6.07 Å². The molecule has 1 fully saturated rings. The first-order valence-electron chi connectivity index (χ1n) is 8.71. The second-order valence-electron chi connectivity index (χ2n) is 8.11. The van der Waals surface area contributed by atoms with E-state index in [0.29, 0.717) is 24.6 Å². The Hall–Kier alpha value is -2.95. The van der Waals surface area contributed by atoms with Gasteiger partial charge < -0.3 is 15.1 Å². The fraction of sp³-hybridized carbons (Fsp3) is 0.474. The van der Waals surface area contributed by atoms with Crippen LogP contribution in [0.4, 0.5) is 10.2 Å². The highest BCUT2D eigenvalue weighted by Gasteiger charge is 2.46. The van der Waals surface area contributed by atoms with Crippen molar-refractivity contribution in [2.24, 2.45) is 5.41 Å². The van der Waals surface area contributed by atoms with Gasteiger partial charge in [-0.15, -0.1) is 0 Å². The summed E-state index contributed by atoms with van der Waals surface area (Å²) in [4.78, 5) is 28.4. The number of rotatable bonds is 5. The smallest absolute Gasteiger partial charge is 0.408 e. The number of amides is 1. The zero-order valence-electron chi connectivity index (χ0n) is 15.4. The van der Waals surface area contributed by atoms with Crippen molar-refractivity contribution in [2.45, 2.75) is 51.6 Å². The number of carbonyl (C=O) groups excluding carboxylic acids is 1. The standard InChI is InChI=1S/C19H21FN4O3/c1-18(2,3)9-13(16(25)24-19(10-21)6-7-19)22-15-12-5-4-11(20)8-14(12)27-17(26)23-15/h4-5,8,13H,6-7,9H2,1-3H3,(H,24,25)(H,22,23,26)/t13-/m0/s1. The molecule has 2 aromatic rings. The number of hydrogen-bond donors (Lipinski definition) is 2. The Labute approximate surface area is 155 Å². The first-order valence-corrected chi connectivity index (χ1v) is 8.71. The summed E-state index contributed by atoms with van der Waals surface area (Å²) < 4.78 is 18.4. The van der Waals surface area contributed by atoms with Gasteiger partial charge in [0.15, 0.2) is 0 Å². The molecule has 27 heavy (non-hydrogen) atoms. The molecule has 1 aliphatic carbocycles. The summed E-state index contributed by atoms with van der Waals surface area (Å²) in [5.41, 5.74) is -0.966. The van der Waals surface area contributed by atoms with Crippen LogP contribution in [-0.2, 0) is 4.79 Å². The van der Waals surface area contributed by atoms with Gasteiger partial charge in [0, 0.05) is 6.07 Å². The topological polar surface area (TPSA) is 108 Å². The predicted octanol–water partition coefficient (Wildman–Crippen LogP) is 2.72. The average molecular weight is 372 g/mol. The van der Waals surface area contributed by atoms with Gasteiger partial charge in [0.1, 0.15) is 28.8 Å². The number of hydrogen-bond acceptors (Lipinski definition) is 6. The second-order valence-corrected chi connectivity index (χ2v) is 8.11. The largest absolute Gasteiger partial charge is 0.441 e. The molecule has 1 heterocycles. The van der Waals surface area contributed by atoms with E-state index >= 15 is 0 Å². The van der Waals surface area contributed by atoms with E-state index in [1.807, 2.05) is 20.8 Å². The van der Waals surface area contributed by atoms with Gasteiger partial charge in [-0.1, -0.05) is 20.8 Å². The molecule has 0 bridgehead atoms. The molecule has 7 nitrogen and oxygen atoms in total. The highest BCUT2D eigenvalue weighted by atomic mass is 19.1. The van der Waals surface area contributed by atoms with E-state index in [1.54, 1.807) is 0 Å². The van der Waals surface area contributed by atoms with Crippen molar-refractivity contribution in [3.05, 3.63) is 34.6 Å². The molecule has 142 valence electrons. The molecule has 1 amide bonds. The molecule has 1 aromatic heterocycles. The Morgan fingerprint density at radius 3 is 2.74 bits per heavy atom. The quantitative estimate of drug-likeness (QED) is 0.835. The molecule has 0 unspecified atom stereocenters. The van der Waals surface area contributed by atoms with Gasteiger partial charge in [0.2, 0.25) is 5.91 Å². The normalized spacial score (nSPS) is 16.4. The van der Waals surface area contributed by atoms with Crippen LogP contribution >= 0.6 is 0 Å². The molecule has 1 aromatic carbocycles. The fourth-order valence-corrected chi connectivity index (χ4v) is 2.85. The molecule has 0 aliphatic heterocycles. The zero-order valence-corrected chi connectivity index (χ0v) is 15.4. The SMILES string of the molecule is CC(C)(C)C[C@H](Nc1nc(=O)oc2cc(F)ccc12)C(=O)NC1(C#N)CC1. The lowest BCUT2D eigenvalue weighted by atomic mass is 9.87. The van der Waals surface area contributed by atoms with Gasteiger partial charge in [-0.05, 0) is 36.8 Å². The Bertz CT molecular complexity index is 983. The van der Waals surface area contributed by atoms with Crippen LogP contribution in [0.3, 0.4) is 0 Å². The summed E-state index contributed by atoms with van der Waals surface area (Å²) in [6, 6.07) is 5.16. The van der Waals surface area contributed by atoms with Crippen molar-refractivity contribution >= 4 is 22.7 Å². The molecule has 0 radical (unpaired) electrons. The maximum absolute atomic E-state index is 13.4. The Kier molecular flexibility index (Phi) is 4.64. The summed E-state index contributed by atoms with van der Waals surface area (Å²) in [6.45, 7) is 5.94. The molecular weight excluding hydrogens is 351 g/mol. The van der Waals surface area contributed by atoms with Crippen molar-refractivity contribution in [3.63, 3.8) is 0 Å². The summed E-state index contributed by atoms with van der Waals surface area (Å²) in [7, 11) is 0. The predicted molar refractivity (Wildman–Crippen MR) is 97.4 cm³/mol. The molecular formula is C19H21FN4O3. The number of carbonyl (C=O) groups is 1. The number of nitriles is 1. The van der Waals surface area contributed by atoms with Crippen LogP contribution in [0.5, 0.6) is 0 Å². The van der Waals surface area contributed by atoms with Crippen LogP contribution in [0.25, 0.3) is 11.0 Å². The van der Waals surface area contributed by atoms with Gasteiger partial charge in [0.05, 0.1) is 11.5 Å². The maximum atomic E-state index is 13.4. The summed E-state index contributed by atoms with van der Waals surface area (Å²) in [5, 5.41) is 15.4. The number of anilines is 1. The van der Waals surface area contributed by atoms with Crippen molar-refractivity contribution < 1.29 is 13.6 Å². The lowest BCUT2D eigenvalue weighted by Gasteiger charge is -2.27. The number of nitrogens with zero attached hydrogens (tertiary/aromatic N) is 2. The molecule has 1 aliphatic rings. The lowest BCUT2D eigenvalue weighted by Crippen LogP contribution is -2.47. The van der Waals surface area contributed by atoms with E-state index < -0.39 is 23.2 Å². The highest BCUT2D eigenvalue weighted by molar-refractivity contribution is 5.91. The zero-order chi connectivity index (χ0) is 19.8. The third kappa shape index (κ3) is 4.42. The van der Waals surface area contributed by atoms with E-state index in [4.69, 9.17) is 4.42 Å². The monoisotopic (exact) mass is 372 g/mol. The first-order chi connectivity index (χ1) is 12.6. The van der Waals surface area contributed by atoms with Gasteiger partial charge in [-0.25, -0.2) is 9.18 Å². The highest BCUT2D eigenvalue weighted by Crippen LogP contribution is 2.35. The summed E-state index contributed by atoms with van der Waals surface area (Å²) in [5.74, 6) is -1.63. The van der Waals surface area contributed by atoms with Gasteiger partial charge in [-0.3, -0.25) is 4.79 Å². The van der Waals surface area contributed by atoms with Gasteiger partial charge >= 0.3 is 5.76 Å². The van der Waals surface area contributed by atoms with E-state index in [1.165, 1.54) is 12.1 Å². The number of benzene rings is 1. The van der Waals surface area contributed by atoms with E-state index in [2.05, 4.69) is 21.7 Å². The Morgan fingerprint density at radius 2 is 2.15 bits per heavy atom. The lowest BCUT2D eigenvalue weighted by molar-refractivity contribution is -0.123. The Morgan fingerprint density at radius 1 is 1.44 bits per heavy atom. The molecule has 0 spiro atoms. The third-order valence-electron chi connectivity index (χ3n) is 4.37. The van der Waals surface area contributed by atoms with Crippen molar-refractivity contribution in [1.82, 2.24) is 10.3 Å². The van der Waals surface area contributed by atoms with Crippen LogP contribution in [0, 0.1) is 22.6 Å². The number of fused-ring (bicyclic) bond motifs is 1. The molecule has 8 heteroatoms. The Balaban J connectivity index is 1.94. The van der Waals surface area contributed by atoms with Crippen LogP contribution in [-0.4, -0.2) is 22.5 Å². The maximum Gasteiger partial charge on any atom is 0.441 e. The molecule has 1 saturated carbocycles. The fourth-order valence-electron chi connectivity index (χ4n) is 2.85. The average Bonchev–Trinajstić information content (AvgIpc) is 3.32. The van der Waals surface area contributed by atoms with Crippen molar-refractivity contribution in [2.75, 3.05) is 5.32 Å². The number of nitrogens with one attached hydrogen (secondary N) is 2. The summed E-state index contributed by atoms with van der Waals surface area (Å²) in [6.07, 6.45) is 1.67. The summed E-state index contributed by atoms with van der Waals surface area (Å²) >= 11 is 0. The van der Waals surface area contributed by atoms with Gasteiger partial charge in [-0.2, -0.15) is 10.2 Å². The van der Waals surface area contributed by atoms with Crippen LogP contribution in [0.1, 0.15) is 40.0 Å². The minimum atomic E-state index is -0.888. The van der Waals surface area contributed by atoms with Crippen molar-refractivity contribution in [3.8, 4) is 6.07 Å². The van der Waals surface area contributed by atoms with Crippen molar-refractivity contribution in [1.29, 1.82) is 5.26 Å². The van der Waals surface area contributed by atoms with Crippen LogP contribution in [0.2, 0.25) is 0 Å². The number of halogens is 1. The first kappa shape index (κ1) is 18.8. The van der Waals surface area contributed by atoms with Crippen LogP contribution in [0.15, 0.2) is 27.4 Å². The third-order valence-corrected chi connectivity index (χ3v) is 4.37. The minimum absolute atomic E-state index is 0.0445. The van der Waals surface area contributed by atoms with E-state index in [9.17, 15) is 19.2 Å². The second kappa shape index (κ2) is 6.65. The molecule has 2 N–H and O–H groups in total. The van der Waals surface area contributed by atoms with Gasteiger partial charge in [0.25, 0.3) is 0 Å². The number of aromatic nitrogens is 1. The van der Waals surface area contributed by atoms with E-state index in [-0.39, 0.29) is 22.7 Å². The molecule has 3 rings (SSSR count). The van der Waals surface area contributed by atoms with Crippen LogP contribution < -0.4 is 16.4 Å².